The van der Waals surface area contributed by atoms with Crippen molar-refractivity contribution in [2.24, 2.45) is 11.7 Å². The quantitative estimate of drug-likeness (QED) is 0.387. The zero-order valence-electron chi connectivity index (χ0n) is 18.9. The topological polar surface area (TPSA) is 139 Å². The lowest BCUT2D eigenvalue weighted by molar-refractivity contribution is -0.131. The Hall–Kier alpha value is -3.52. The zero-order chi connectivity index (χ0) is 24.4. The first-order valence-electron chi connectivity index (χ1n) is 10.9. The first kappa shape index (κ1) is 25.7. The van der Waals surface area contributed by atoms with E-state index >= 15 is 0 Å². The number of Topliss-reactive ketones (excluding diaryl/α,β-unsaturated/α-hetero) is 1. The number of carbonyl (C=O) groups excluding carboxylic acids is 4. The molecule has 2 aromatic rings. The molecule has 5 N–H and O–H groups in total. The van der Waals surface area contributed by atoms with Gasteiger partial charge in [-0.2, -0.15) is 0 Å². The Morgan fingerprint density at radius 3 is 2.24 bits per heavy atom. The molecule has 3 atom stereocenters. The van der Waals surface area contributed by atoms with E-state index in [1.165, 1.54) is 24.3 Å². The standard InChI is InChI=1S/C25H31N3O5/c1-3-16(2)22(28-24(32)19-11-7-10-18(14-19)23(26)31)25(33)27-20(21(30)15-29)13-12-17-8-5-4-6-9-17/h4-11,14,16,20,22,29H,3,12-13,15H2,1-2H3,(H2,26,31)(H,27,33)(H,28,32)/t16?,20-,22-/m0/s1. The average Bonchev–Trinajstić information content (AvgIpc) is 2.84. The van der Waals surface area contributed by atoms with E-state index in [1.807, 2.05) is 44.2 Å². The molecule has 0 spiro atoms. The van der Waals surface area contributed by atoms with Crippen molar-refractivity contribution in [2.75, 3.05) is 6.61 Å². The van der Waals surface area contributed by atoms with Crippen LogP contribution in [0.15, 0.2) is 54.6 Å². The predicted molar refractivity (Wildman–Crippen MR) is 124 cm³/mol. The Morgan fingerprint density at radius 2 is 1.64 bits per heavy atom. The van der Waals surface area contributed by atoms with Crippen LogP contribution in [-0.4, -0.2) is 47.3 Å². The Morgan fingerprint density at radius 1 is 0.970 bits per heavy atom. The van der Waals surface area contributed by atoms with Crippen LogP contribution >= 0.6 is 0 Å². The molecular weight excluding hydrogens is 422 g/mol. The number of carbonyl (C=O) groups is 4. The molecule has 0 heterocycles. The van der Waals surface area contributed by atoms with Gasteiger partial charge in [-0.05, 0) is 42.5 Å². The molecule has 2 aromatic carbocycles. The van der Waals surface area contributed by atoms with Crippen molar-refractivity contribution in [1.82, 2.24) is 10.6 Å². The second kappa shape index (κ2) is 12.5. The van der Waals surface area contributed by atoms with E-state index in [1.54, 1.807) is 0 Å². The number of primary amides is 1. The van der Waals surface area contributed by atoms with E-state index in [9.17, 15) is 24.3 Å². The molecule has 2 rings (SSSR count). The summed E-state index contributed by atoms with van der Waals surface area (Å²) in [4.78, 5) is 49.6. The molecule has 0 bridgehead atoms. The van der Waals surface area contributed by atoms with Gasteiger partial charge in [-0.25, -0.2) is 0 Å². The molecule has 33 heavy (non-hydrogen) atoms. The van der Waals surface area contributed by atoms with E-state index < -0.39 is 42.2 Å². The highest BCUT2D eigenvalue weighted by molar-refractivity contribution is 6.01. The maximum absolute atomic E-state index is 13.1. The normalized spacial score (nSPS) is 13.4. The molecule has 0 aliphatic carbocycles. The molecule has 8 heteroatoms. The summed E-state index contributed by atoms with van der Waals surface area (Å²) in [5, 5.41) is 14.8. The molecule has 0 saturated carbocycles. The van der Waals surface area contributed by atoms with Gasteiger partial charge in [-0.3, -0.25) is 19.2 Å². The van der Waals surface area contributed by atoms with E-state index in [4.69, 9.17) is 5.73 Å². The van der Waals surface area contributed by atoms with Crippen LogP contribution in [0.25, 0.3) is 0 Å². The third kappa shape index (κ3) is 7.54. The minimum absolute atomic E-state index is 0.182. The van der Waals surface area contributed by atoms with Crippen molar-refractivity contribution in [3.63, 3.8) is 0 Å². The summed E-state index contributed by atoms with van der Waals surface area (Å²) in [6, 6.07) is 13.6. The molecule has 0 aliphatic rings. The van der Waals surface area contributed by atoms with Crippen molar-refractivity contribution < 1.29 is 24.3 Å². The molecular formula is C25H31N3O5. The number of rotatable bonds is 12. The van der Waals surface area contributed by atoms with Crippen LogP contribution in [0.2, 0.25) is 0 Å². The number of hydrogen-bond acceptors (Lipinski definition) is 5. The summed E-state index contributed by atoms with van der Waals surface area (Å²) in [6.45, 7) is 3.01. The van der Waals surface area contributed by atoms with Crippen molar-refractivity contribution in [3.05, 3.63) is 71.3 Å². The molecule has 1 unspecified atom stereocenters. The Balaban J connectivity index is 2.15. The van der Waals surface area contributed by atoms with Gasteiger partial charge in [-0.15, -0.1) is 0 Å². The average molecular weight is 454 g/mol. The van der Waals surface area contributed by atoms with Gasteiger partial charge in [0, 0.05) is 11.1 Å². The number of amides is 3. The van der Waals surface area contributed by atoms with Crippen LogP contribution in [0, 0.1) is 5.92 Å². The minimum Gasteiger partial charge on any atom is -0.389 e. The van der Waals surface area contributed by atoms with Gasteiger partial charge in [0.2, 0.25) is 11.8 Å². The number of benzene rings is 2. The highest BCUT2D eigenvalue weighted by atomic mass is 16.3. The van der Waals surface area contributed by atoms with Gasteiger partial charge in [-0.1, -0.05) is 56.7 Å². The second-order valence-electron chi connectivity index (χ2n) is 7.99. The van der Waals surface area contributed by atoms with Crippen molar-refractivity contribution in [1.29, 1.82) is 0 Å². The summed E-state index contributed by atoms with van der Waals surface area (Å²) >= 11 is 0. The fraction of sp³-hybridized carbons (Fsp3) is 0.360. The van der Waals surface area contributed by atoms with Gasteiger partial charge in [0.05, 0.1) is 6.04 Å². The Bertz CT molecular complexity index is 977. The number of nitrogens with one attached hydrogen (secondary N) is 2. The van der Waals surface area contributed by atoms with Crippen LogP contribution in [0.3, 0.4) is 0 Å². The fourth-order valence-electron chi connectivity index (χ4n) is 3.38. The van der Waals surface area contributed by atoms with Crippen LogP contribution in [0.4, 0.5) is 0 Å². The summed E-state index contributed by atoms with van der Waals surface area (Å²) in [7, 11) is 0. The first-order chi connectivity index (χ1) is 15.8. The van der Waals surface area contributed by atoms with Crippen LogP contribution in [0.5, 0.6) is 0 Å². The third-order valence-corrected chi connectivity index (χ3v) is 5.62. The van der Waals surface area contributed by atoms with E-state index in [-0.39, 0.29) is 17.0 Å². The van der Waals surface area contributed by atoms with Crippen LogP contribution < -0.4 is 16.4 Å². The number of hydrogen-bond donors (Lipinski definition) is 4. The zero-order valence-corrected chi connectivity index (χ0v) is 18.9. The Labute approximate surface area is 193 Å². The second-order valence-corrected chi connectivity index (χ2v) is 7.99. The summed E-state index contributed by atoms with van der Waals surface area (Å²) in [5.41, 5.74) is 6.66. The fourth-order valence-corrected chi connectivity index (χ4v) is 3.38. The SMILES string of the molecule is CCC(C)[C@H](NC(=O)c1cccc(C(N)=O)c1)C(=O)N[C@@H](CCc1ccccc1)C(=O)CO. The molecule has 176 valence electrons. The van der Waals surface area contributed by atoms with Gasteiger partial charge < -0.3 is 21.5 Å². The summed E-state index contributed by atoms with van der Waals surface area (Å²) < 4.78 is 0. The summed E-state index contributed by atoms with van der Waals surface area (Å²) in [6.07, 6.45) is 1.46. The molecule has 0 aromatic heterocycles. The Kier molecular flexibility index (Phi) is 9.75. The van der Waals surface area contributed by atoms with E-state index in [0.29, 0.717) is 19.3 Å². The van der Waals surface area contributed by atoms with Crippen molar-refractivity contribution >= 4 is 23.5 Å². The lowest BCUT2D eigenvalue weighted by Crippen LogP contribution is -2.54. The molecule has 8 nitrogen and oxygen atoms in total. The number of aliphatic hydroxyl groups is 1. The number of aliphatic hydroxyl groups excluding tert-OH is 1. The van der Waals surface area contributed by atoms with E-state index in [2.05, 4.69) is 10.6 Å². The minimum atomic E-state index is -0.912. The lowest BCUT2D eigenvalue weighted by Gasteiger charge is -2.26. The highest BCUT2D eigenvalue weighted by Crippen LogP contribution is 2.13. The molecule has 3 amide bonds. The van der Waals surface area contributed by atoms with Gasteiger partial charge in [0.15, 0.2) is 5.78 Å². The monoisotopic (exact) mass is 453 g/mol. The molecule has 0 fully saturated rings. The van der Waals surface area contributed by atoms with Gasteiger partial charge >= 0.3 is 0 Å². The number of nitrogens with two attached hydrogens (primary N) is 1. The summed E-state index contributed by atoms with van der Waals surface area (Å²) in [5.74, 6) is -2.43. The van der Waals surface area contributed by atoms with Crippen LogP contribution in [0.1, 0.15) is 53.0 Å². The maximum Gasteiger partial charge on any atom is 0.251 e. The van der Waals surface area contributed by atoms with Crippen LogP contribution in [-0.2, 0) is 16.0 Å². The molecule has 0 saturated heterocycles. The van der Waals surface area contributed by atoms with Crippen molar-refractivity contribution in [2.45, 2.75) is 45.2 Å². The molecule has 0 radical (unpaired) electrons. The van der Waals surface area contributed by atoms with Gasteiger partial charge in [0.25, 0.3) is 5.91 Å². The highest BCUT2D eigenvalue weighted by Gasteiger charge is 2.30. The molecule has 0 aliphatic heterocycles. The number of ketones is 1. The smallest absolute Gasteiger partial charge is 0.251 e. The number of aryl methyl sites for hydroxylation is 1. The predicted octanol–water partition coefficient (Wildman–Crippen LogP) is 1.61. The van der Waals surface area contributed by atoms with Crippen molar-refractivity contribution in [3.8, 4) is 0 Å². The maximum atomic E-state index is 13.1. The van der Waals surface area contributed by atoms with E-state index in [0.717, 1.165) is 5.56 Å². The third-order valence-electron chi connectivity index (χ3n) is 5.62. The largest absolute Gasteiger partial charge is 0.389 e. The first-order valence-corrected chi connectivity index (χ1v) is 10.9. The van der Waals surface area contributed by atoms with Gasteiger partial charge in [0.1, 0.15) is 12.6 Å². The lowest BCUT2D eigenvalue weighted by atomic mass is 9.96.